The fraction of sp³-hybridized carbons (Fsp3) is 0.286. The summed E-state index contributed by atoms with van der Waals surface area (Å²) < 4.78 is 42.4. The van der Waals surface area contributed by atoms with Crippen LogP contribution < -0.4 is 9.62 Å². The summed E-state index contributed by atoms with van der Waals surface area (Å²) >= 11 is 0. The molecule has 0 saturated carbocycles. The maximum absolute atomic E-state index is 14.5. The van der Waals surface area contributed by atoms with Crippen LogP contribution in [0.2, 0.25) is 0 Å². The number of nitrogens with zero attached hydrogens (tertiary/aromatic N) is 3. The lowest BCUT2D eigenvalue weighted by molar-refractivity contribution is 0.0725. The lowest BCUT2D eigenvalue weighted by Gasteiger charge is -2.28. The molecule has 3 aromatic carbocycles. The van der Waals surface area contributed by atoms with Gasteiger partial charge in [0, 0.05) is 32.7 Å². The van der Waals surface area contributed by atoms with Crippen LogP contribution in [0.1, 0.15) is 45.5 Å². The van der Waals surface area contributed by atoms with Crippen molar-refractivity contribution in [3.63, 3.8) is 0 Å². The standard InChI is InChI=1S/C28H31FN4O4S/c1-31(2)38(36,37)33(26-13-7-5-11-24(26)29)20-21-14-16-22(17-15-21)27(34)30-25-12-6-4-10-23(25)28(35)32-18-8-3-9-19-32/h4-7,10-17H,3,8-9,18-20H2,1-2H3,(H,30,34). The van der Waals surface area contributed by atoms with E-state index in [1.165, 1.54) is 32.3 Å². The summed E-state index contributed by atoms with van der Waals surface area (Å²) in [5, 5.41) is 2.83. The van der Waals surface area contributed by atoms with Gasteiger partial charge in [0.05, 0.1) is 23.5 Å². The number of hydrogen-bond acceptors (Lipinski definition) is 4. The number of carbonyl (C=O) groups excluding carboxylic acids is 2. The second-order valence-electron chi connectivity index (χ2n) is 9.30. The average Bonchev–Trinajstić information content (AvgIpc) is 2.93. The number of para-hydroxylation sites is 2. The first kappa shape index (κ1) is 27.3. The lowest BCUT2D eigenvalue weighted by Crippen LogP contribution is -2.40. The molecule has 0 aromatic heterocycles. The molecule has 1 heterocycles. The normalized spacial score (nSPS) is 13.8. The summed E-state index contributed by atoms with van der Waals surface area (Å²) in [6.07, 6.45) is 3.05. The second-order valence-corrected chi connectivity index (χ2v) is 11.4. The molecule has 0 atom stereocenters. The van der Waals surface area contributed by atoms with E-state index >= 15 is 0 Å². The topological polar surface area (TPSA) is 90.0 Å². The van der Waals surface area contributed by atoms with E-state index in [-0.39, 0.29) is 18.1 Å². The molecule has 1 fully saturated rings. The van der Waals surface area contributed by atoms with Crippen molar-refractivity contribution in [1.29, 1.82) is 0 Å². The quantitative estimate of drug-likeness (QED) is 0.457. The van der Waals surface area contributed by atoms with E-state index in [2.05, 4.69) is 5.32 Å². The van der Waals surface area contributed by atoms with Gasteiger partial charge in [-0.2, -0.15) is 12.7 Å². The van der Waals surface area contributed by atoms with Crippen molar-refractivity contribution in [2.24, 2.45) is 0 Å². The van der Waals surface area contributed by atoms with Gasteiger partial charge in [-0.1, -0.05) is 36.4 Å². The monoisotopic (exact) mass is 538 g/mol. The Kier molecular flexibility index (Phi) is 8.43. The number of halogens is 1. The molecule has 200 valence electrons. The Balaban J connectivity index is 1.52. The predicted octanol–water partition coefficient (Wildman–Crippen LogP) is 4.52. The van der Waals surface area contributed by atoms with Crippen LogP contribution in [0.25, 0.3) is 0 Å². The summed E-state index contributed by atoms with van der Waals surface area (Å²) in [7, 11) is -1.23. The van der Waals surface area contributed by atoms with Crippen LogP contribution in [-0.2, 0) is 16.8 Å². The molecule has 0 bridgehead atoms. The number of hydrogen-bond donors (Lipinski definition) is 1. The van der Waals surface area contributed by atoms with Crippen LogP contribution in [-0.4, -0.2) is 56.6 Å². The second kappa shape index (κ2) is 11.7. The van der Waals surface area contributed by atoms with Crippen molar-refractivity contribution in [2.45, 2.75) is 25.8 Å². The first-order chi connectivity index (χ1) is 18.2. The molecular weight excluding hydrogens is 507 g/mol. The zero-order chi connectivity index (χ0) is 27.3. The zero-order valence-electron chi connectivity index (χ0n) is 21.4. The predicted molar refractivity (Wildman–Crippen MR) is 146 cm³/mol. The molecule has 0 unspecified atom stereocenters. The average molecular weight is 539 g/mol. The Morgan fingerprint density at radius 3 is 2.18 bits per heavy atom. The van der Waals surface area contributed by atoms with E-state index in [9.17, 15) is 22.4 Å². The highest BCUT2D eigenvalue weighted by molar-refractivity contribution is 7.90. The number of likely N-dealkylation sites (tertiary alicyclic amines) is 1. The Bertz CT molecular complexity index is 1400. The van der Waals surface area contributed by atoms with Gasteiger partial charge in [-0.15, -0.1) is 0 Å². The van der Waals surface area contributed by atoms with Crippen molar-refractivity contribution in [3.05, 3.63) is 95.3 Å². The minimum Gasteiger partial charge on any atom is -0.339 e. The summed E-state index contributed by atoms with van der Waals surface area (Å²) in [4.78, 5) is 27.9. The number of piperidine rings is 1. The fourth-order valence-corrected chi connectivity index (χ4v) is 5.41. The smallest absolute Gasteiger partial charge is 0.303 e. The maximum Gasteiger partial charge on any atom is 0.303 e. The van der Waals surface area contributed by atoms with Gasteiger partial charge in [0.25, 0.3) is 11.8 Å². The van der Waals surface area contributed by atoms with Gasteiger partial charge < -0.3 is 10.2 Å². The molecular formula is C28H31FN4O4S. The zero-order valence-corrected chi connectivity index (χ0v) is 22.2. The van der Waals surface area contributed by atoms with E-state index in [1.807, 2.05) is 4.90 Å². The van der Waals surface area contributed by atoms with Crippen molar-refractivity contribution >= 4 is 33.4 Å². The molecule has 1 aliphatic heterocycles. The van der Waals surface area contributed by atoms with Gasteiger partial charge >= 0.3 is 10.2 Å². The highest BCUT2D eigenvalue weighted by Crippen LogP contribution is 2.26. The SMILES string of the molecule is CN(C)S(=O)(=O)N(Cc1ccc(C(=O)Nc2ccccc2C(=O)N2CCCCC2)cc1)c1ccccc1F. The maximum atomic E-state index is 14.5. The third kappa shape index (κ3) is 6.03. The molecule has 2 amide bonds. The number of amides is 2. The number of carbonyl (C=O) groups is 2. The molecule has 4 rings (SSSR count). The van der Waals surface area contributed by atoms with E-state index in [4.69, 9.17) is 0 Å². The van der Waals surface area contributed by atoms with Crippen molar-refractivity contribution < 1.29 is 22.4 Å². The van der Waals surface area contributed by atoms with Gasteiger partial charge in [-0.05, 0) is 61.2 Å². The van der Waals surface area contributed by atoms with Gasteiger partial charge in [-0.25, -0.2) is 4.39 Å². The van der Waals surface area contributed by atoms with Crippen molar-refractivity contribution in [1.82, 2.24) is 9.21 Å². The van der Waals surface area contributed by atoms with Gasteiger partial charge in [-0.3, -0.25) is 13.9 Å². The van der Waals surface area contributed by atoms with Crippen LogP contribution in [0, 0.1) is 5.82 Å². The summed E-state index contributed by atoms with van der Waals surface area (Å²) in [5.41, 5.74) is 1.70. The Morgan fingerprint density at radius 1 is 0.895 bits per heavy atom. The van der Waals surface area contributed by atoms with Gasteiger partial charge in [0.1, 0.15) is 5.82 Å². The first-order valence-corrected chi connectivity index (χ1v) is 13.8. The molecule has 0 spiro atoms. The first-order valence-electron chi connectivity index (χ1n) is 12.4. The molecule has 3 aromatic rings. The largest absolute Gasteiger partial charge is 0.339 e. The Hall–Kier alpha value is -3.76. The van der Waals surface area contributed by atoms with Gasteiger partial charge in [0.15, 0.2) is 0 Å². The van der Waals surface area contributed by atoms with Crippen molar-refractivity contribution in [3.8, 4) is 0 Å². The highest BCUT2D eigenvalue weighted by Gasteiger charge is 2.27. The van der Waals surface area contributed by atoms with Crippen LogP contribution >= 0.6 is 0 Å². The van der Waals surface area contributed by atoms with E-state index in [0.29, 0.717) is 35.5 Å². The van der Waals surface area contributed by atoms with Crippen LogP contribution in [0.5, 0.6) is 0 Å². The highest BCUT2D eigenvalue weighted by atomic mass is 32.2. The van der Waals surface area contributed by atoms with E-state index in [0.717, 1.165) is 27.9 Å². The molecule has 1 aliphatic rings. The molecule has 8 nitrogen and oxygen atoms in total. The van der Waals surface area contributed by atoms with Gasteiger partial charge in [0.2, 0.25) is 0 Å². The van der Waals surface area contributed by atoms with E-state index in [1.54, 1.807) is 54.6 Å². The number of nitrogens with one attached hydrogen (secondary N) is 1. The minimum atomic E-state index is -3.99. The van der Waals surface area contributed by atoms with Crippen LogP contribution in [0.3, 0.4) is 0 Å². The fourth-order valence-electron chi connectivity index (χ4n) is 4.31. The molecule has 1 N–H and O–H groups in total. The van der Waals surface area contributed by atoms with Crippen LogP contribution in [0.4, 0.5) is 15.8 Å². The lowest BCUT2D eigenvalue weighted by atomic mass is 10.1. The minimum absolute atomic E-state index is 0.0713. The third-order valence-corrected chi connectivity index (χ3v) is 8.26. The molecule has 10 heteroatoms. The molecule has 1 saturated heterocycles. The number of anilines is 2. The summed E-state index contributed by atoms with van der Waals surface area (Å²) in [6.45, 7) is 1.28. The van der Waals surface area contributed by atoms with Crippen molar-refractivity contribution in [2.75, 3.05) is 36.8 Å². The number of benzene rings is 3. The van der Waals surface area contributed by atoms with E-state index < -0.39 is 21.9 Å². The molecule has 0 aliphatic carbocycles. The molecule has 38 heavy (non-hydrogen) atoms. The Morgan fingerprint density at radius 2 is 1.53 bits per heavy atom. The summed E-state index contributed by atoms with van der Waals surface area (Å²) in [5.74, 6) is -1.17. The Labute approximate surface area is 222 Å². The van der Waals surface area contributed by atoms with Crippen LogP contribution in [0.15, 0.2) is 72.8 Å². The summed E-state index contributed by atoms with van der Waals surface area (Å²) in [6, 6.07) is 19.0. The third-order valence-electron chi connectivity index (χ3n) is 6.45. The molecule has 0 radical (unpaired) electrons. The number of rotatable bonds is 8.